The molecule has 2 N–H and O–H groups in total. The number of hydrogen-bond acceptors (Lipinski definition) is 5. The highest BCUT2D eigenvalue weighted by Gasteiger charge is 2.20. The molecule has 0 radical (unpaired) electrons. The standard InChI is InChI=1S/C11H16N2O2S3/c1-3-13(4-2)11(16)17-18(14,15)10-7-5-9(12)6-8-10/h5-8H,3-4,12H2,1-2H3. The number of benzene rings is 1. The highest BCUT2D eigenvalue weighted by Crippen LogP contribution is 2.26. The van der Waals surface area contributed by atoms with Crippen LogP contribution in [0.1, 0.15) is 13.8 Å². The fourth-order valence-corrected chi connectivity index (χ4v) is 4.99. The first kappa shape index (κ1) is 15.3. The van der Waals surface area contributed by atoms with Crippen molar-refractivity contribution >= 4 is 41.9 Å². The van der Waals surface area contributed by atoms with Gasteiger partial charge in [-0.05, 0) is 38.1 Å². The minimum atomic E-state index is -3.46. The van der Waals surface area contributed by atoms with Gasteiger partial charge in [-0.1, -0.05) is 12.2 Å². The van der Waals surface area contributed by atoms with Crippen LogP contribution >= 0.6 is 23.0 Å². The van der Waals surface area contributed by atoms with E-state index in [0.717, 1.165) is 0 Å². The van der Waals surface area contributed by atoms with Crippen LogP contribution in [0.2, 0.25) is 0 Å². The second-order valence-corrected chi connectivity index (χ2v) is 7.94. The minimum absolute atomic E-state index is 0.219. The topological polar surface area (TPSA) is 63.4 Å². The first-order chi connectivity index (χ1) is 8.40. The highest BCUT2D eigenvalue weighted by atomic mass is 33.1. The maximum Gasteiger partial charge on any atom is 0.236 e. The molecule has 1 aromatic rings. The molecular formula is C11H16N2O2S3. The third-order valence-corrected chi connectivity index (χ3v) is 6.38. The van der Waals surface area contributed by atoms with E-state index in [1.54, 1.807) is 12.1 Å². The molecule has 100 valence electrons. The molecule has 0 amide bonds. The van der Waals surface area contributed by atoms with E-state index in [4.69, 9.17) is 18.0 Å². The van der Waals surface area contributed by atoms with Crippen molar-refractivity contribution in [1.29, 1.82) is 0 Å². The maximum absolute atomic E-state index is 12.1. The van der Waals surface area contributed by atoms with Crippen LogP contribution < -0.4 is 5.73 Å². The van der Waals surface area contributed by atoms with Crippen LogP contribution in [0.3, 0.4) is 0 Å². The van der Waals surface area contributed by atoms with E-state index in [9.17, 15) is 8.42 Å². The molecule has 0 atom stereocenters. The van der Waals surface area contributed by atoms with Gasteiger partial charge in [-0.3, -0.25) is 0 Å². The van der Waals surface area contributed by atoms with Crippen LogP contribution in [0.4, 0.5) is 5.69 Å². The Balaban J connectivity index is 2.89. The average molecular weight is 304 g/mol. The number of hydrogen-bond donors (Lipinski definition) is 1. The molecular weight excluding hydrogens is 288 g/mol. The summed E-state index contributed by atoms with van der Waals surface area (Å²) in [6.45, 7) is 5.26. The zero-order chi connectivity index (χ0) is 13.8. The first-order valence-corrected chi connectivity index (χ1v) is 8.72. The molecule has 1 rings (SSSR count). The molecule has 0 saturated heterocycles. The van der Waals surface area contributed by atoms with Gasteiger partial charge in [-0.15, -0.1) is 0 Å². The van der Waals surface area contributed by atoms with E-state index in [1.165, 1.54) is 12.1 Å². The van der Waals surface area contributed by atoms with E-state index in [-0.39, 0.29) is 4.90 Å². The van der Waals surface area contributed by atoms with Gasteiger partial charge in [-0.25, -0.2) is 8.42 Å². The van der Waals surface area contributed by atoms with Gasteiger partial charge in [-0.2, -0.15) is 0 Å². The summed E-state index contributed by atoms with van der Waals surface area (Å²) < 4.78 is 24.6. The Morgan fingerprint density at radius 3 is 2.22 bits per heavy atom. The van der Waals surface area contributed by atoms with Gasteiger partial charge in [0, 0.05) is 29.6 Å². The smallest absolute Gasteiger partial charge is 0.236 e. The van der Waals surface area contributed by atoms with Crippen LogP contribution in [0.5, 0.6) is 0 Å². The Labute approximate surface area is 117 Å². The molecule has 0 unspecified atom stereocenters. The van der Waals surface area contributed by atoms with Crippen molar-refractivity contribution in [2.45, 2.75) is 18.7 Å². The van der Waals surface area contributed by atoms with Gasteiger partial charge in [0.25, 0.3) is 0 Å². The summed E-state index contributed by atoms with van der Waals surface area (Å²) in [5.41, 5.74) is 6.06. The molecule has 0 heterocycles. The molecule has 18 heavy (non-hydrogen) atoms. The van der Waals surface area contributed by atoms with E-state index in [2.05, 4.69) is 0 Å². The predicted octanol–water partition coefficient (Wildman–Crippen LogP) is 2.32. The highest BCUT2D eigenvalue weighted by molar-refractivity contribution is 8.79. The van der Waals surface area contributed by atoms with Crippen molar-refractivity contribution in [2.24, 2.45) is 0 Å². The van der Waals surface area contributed by atoms with Gasteiger partial charge >= 0.3 is 0 Å². The summed E-state index contributed by atoms with van der Waals surface area (Å²) in [6.07, 6.45) is 0. The molecule has 0 bridgehead atoms. The Bertz CT molecular complexity index is 508. The molecule has 0 saturated carbocycles. The first-order valence-electron chi connectivity index (χ1n) is 5.49. The lowest BCUT2D eigenvalue weighted by molar-refractivity contribution is 0.482. The SMILES string of the molecule is CCN(CC)C(=S)SS(=O)(=O)c1ccc(N)cc1. The van der Waals surface area contributed by atoms with Gasteiger partial charge in [0.2, 0.25) is 8.87 Å². The summed E-state index contributed by atoms with van der Waals surface area (Å²) in [6, 6.07) is 6.10. The van der Waals surface area contributed by atoms with Crippen molar-refractivity contribution in [3.05, 3.63) is 24.3 Å². The molecule has 0 spiro atoms. The number of thiocarbonyl (C=S) groups is 1. The van der Waals surface area contributed by atoms with Crippen molar-refractivity contribution < 1.29 is 8.42 Å². The quantitative estimate of drug-likeness (QED) is 0.523. The van der Waals surface area contributed by atoms with Crippen LogP contribution in [0.25, 0.3) is 0 Å². The lowest BCUT2D eigenvalue weighted by atomic mass is 10.3. The Hall–Kier alpha value is -0.790. The van der Waals surface area contributed by atoms with E-state index in [1.807, 2.05) is 18.7 Å². The lowest BCUT2D eigenvalue weighted by Crippen LogP contribution is -2.27. The molecule has 0 fully saturated rings. The zero-order valence-corrected chi connectivity index (χ0v) is 12.7. The predicted molar refractivity (Wildman–Crippen MR) is 81.2 cm³/mol. The summed E-state index contributed by atoms with van der Waals surface area (Å²) in [7, 11) is -2.76. The maximum atomic E-state index is 12.1. The van der Waals surface area contributed by atoms with Crippen LogP contribution in [0.15, 0.2) is 29.2 Å². The second kappa shape index (κ2) is 6.40. The largest absolute Gasteiger partial charge is 0.399 e. The molecule has 0 aliphatic carbocycles. The molecule has 0 aromatic heterocycles. The van der Waals surface area contributed by atoms with Gasteiger partial charge in [0.1, 0.15) is 0 Å². The van der Waals surface area contributed by atoms with E-state index < -0.39 is 8.87 Å². The van der Waals surface area contributed by atoms with Crippen LogP contribution in [-0.4, -0.2) is 30.7 Å². The van der Waals surface area contributed by atoms with Crippen molar-refractivity contribution in [1.82, 2.24) is 4.90 Å². The van der Waals surface area contributed by atoms with Crippen LogP contribution in [-0.2, 0) is 8.87 Å². The summed E-state index contributed by atoms with van der Waals surface area (Å²) in [5.74, 6) is 0. The number of nitrogens with two attached hydrogens (primary N) is 1. The monoisotopic (exact) mass is 304 g/mol. The van der Waals surface area contributed by atoms with Gasteiger partial charge < -0.3 is 10.6 Å². The summed E-state index contributed by atoms with van der Waals surface area (Å²) >= 11 is 5.13. The van der Waals surface area contributed by atoms with Crippen LogP contribution in [0, 0.1) is 0 Å². The Morgan fingerprint density at radius 2 is 1.78 bits per heavy atom. The summed E-state index contributed by atoms with van der Waals surface area (Å²) in [4.78, 5) is 2.05. The molecule has 1 aromatic carbocycles. The Morgan fingerprint density at radius 1 is 1.28 bits per heavy atom. The number of nitrogen functional groups attached to an aromatic ring is 1. The third kappa shape index (κ3) is 3.86. The average Bonchev–Trinajstić information content (AvgIpc) is 2.30. The van der Waals surface area contributed by atoms with Gasteiger partial charge in [0.15, 0.2) is 4.32 Å². The number of anilines is 1. The second-order valence-electron chi connectivity index (χ2n) is 3.54. The number of nitrogens with zero attached hydrogens (tertiary/aromatic N) is 1. The third-order valence-electron chi connectivity index (χ3n) is 2.37. The number of rotatable bonds is 4. The Kier molecular flexibility index (Phi) is 5.43. The summed E-state index contributed by atoms with van der Waals surface area (Å²) in [5, 5.41) is 0. The van der Waals surface area contributed by atoms with E-state index >= 15 is 0 Å². The normalized spacial score (nSPS) is 11.2. The van der Waals surface area contributed by atoms with Crippen molar-refractivity contribution in [2.75, 3.05) is 18.8 Å². The molecule has 0 aliphatic rings. The van der Waals surface area contributed by atoms with Crippen molar-refractivity contribution in [3.63, 3.8) is 0 Å². The van der Waals surface area contributed by atoms with Crippen molar-refractivity contribution in [3.8, 4) is 0 Å². The fourth-order valence-electron chi connectivity index (χ4n) is 1.31. The molecule has 7 heteroatoms. The van der Waals surface area contributed by atoms with Gasteiger partial charge in [0.05, 0.1) is 4.90 Å². The zero-order valence-electron chi connectivity index (χ0n) is 10.3. The van der Waals surface area contributed by atoms with E-state index in [0.29, 0.717) is 33.9 Å². The molecule has 4 nitrogen and oxygen atoms in total. The molecule has 0 aliphatic heterocycles. The minimum Gasteiger partial charge on any atom is -0.399 e. The fraction of sp³-hybridized carbons (Fsp3) is 0.364. The lowest BCUT2D eigenvalue weighted by Gasteiger charge is -2.20.